The van der Waals surface area contributed by atoms with Gasteiger partial charge in [-0.1, -0.05) is 41.0 Å². The van der Waals surface area contributed by atoms with Gasteiger partial charge in [0.25, 0.3) is 0 Å². The van der Waals surface area contributed by atoms with Crippen LogP contribution in [0, 0.1) is 11.3 Å². The van der Waals surface area contributed by atoms with E-state index in [4.69, 9.17) is 0 Å². The number of carbonyl (C=O) groups excluding carboxylic acids is 1. The Balaban J connectivity index is 3.85. The van der Waals surface area contributed by atoms with E-state index in [1.54, 1.807) is 0 Å². The zero-order chi connectivity index (χ0) is 13.5. The monoisotopic (exact) mass is 242 g/mol. The summed E-state index contributed by atoms with van der Waals surface area (Å²) in [6.07, 6.45) is 2.17. The number of hydrogen-bond donors (Lipinski definition) is 2. The first kappa shape index (κ1) is 16.4. The Kier molecular flexibility index (Phi) is 7.44. The van der Waals surface area contributed by atoms with E-state index < -0.39 is 0 Å². The van der Waals surface area contributed by atoms with Crippen molar-refractivity contribution in [1.29, 1.82) is 0 Å². The molecular formula is C14H30N2O. The van der Waals surface area contributed by atoms with Crippen LogP contribution < -0.4 is 10.6 Å². The second kappa shape index (κ2) is 7.70. The van der Waals surface area contributed by atoms with Crippen molar-refractivity contribution in [2.75, 3.05) is 13.1 Å². The van der Waals surface area contributed by atoms with Crippen LogP contribution in [0.2, 0.25) is 0 Å². The first-order valence-corrected chi connectivity index (χ1v) is 6.80. The Morgan fingerprint density at radius 1 is 1.24 bits per heavy atom. The average Bonchev–Trinajstić information content (AvgIpc) is 2.24. The Morgan fingerprint density at radius 2 is 1.82 bits per heavy atom. The highest BCUT2D eigenvalue weighted by Gasteiger charge is 2.21. The van der Waals surface area contributed by atoms with Gasteiger partial charge < -0.3 is 10.6 Å². The molecule has 0 aromatic carbocycles. The van der Waals surface area contributed by atoms with Crippen LogP contribution in [0.1, 0.15) is 54.4 Å². The maximum Gasteiger partial charge on any atom is 0.236 e. The molecule has 102 valence electrons. The van der Waals surface area contributed by atoms with Gasteiger partial charge in [-0.05, 0) is 31.2 Å². The van der Waals surface area contributed by atoms with Crippen molar-refractivity contribution in [2.45, 2.75) is 60.4 Å². The van der Waals surface area contributed by atoms with Gasteiger partial charge in [-0.15, -0.1) is 0 Å². The summed E-state index contributed by atoms with van der Waals surface area (Å²) in [5.74, 6) is 0.660. The molecule has 2 N–H and O–H groups in total. The molecule has 0 aliphatic rings. The van der Waals surface area contributed by atoms with Crippen LogP contribution >= 0.6 is 0 Å². The molecule has 0 aliphatic carbocycles. The average molecular weight is 242 g/mol. The largest absolute Gasteiger partial charge is 0.355 e. The second-order valence-electron chi connectivity index (χ2n) is 6.04. The molecule has 0 aliphatic heterocycles. The minimum absolute atomic E-state index is 0.100. The summed E-state index contributed by atoms with van der Waals surface area (Å²) < 4.78 is 0. The number of hydrogen-bond acceptors (Lipinski definition) is 2. The van der Waals surface area contributed by atoms with Crippen molar-refractivity contribution in [3.63, 3.8) is 0 Å². The fourth-order valence-electron chi connectivity index (χ4n) is 1.29. The summed E-state index contributed by atoms with van der Waals surface area (Å²) in [6, 6.07) is -0.100. The molecule has 0 aromatic heterocycles. The smallest absolute Gasteiger partial charge is 0.236 e. The Morgan fingerprint density at radius 3 is 2.29 bits per heavy atom. The van der Waals surface area contributed by atoms with E-state index in [9.17, 15) is 4.79 Å². The maximum atomic E-state index is 11.7. The third kappa shape index (κ3) is 7.37. The van der Waals surface area contributed by atoms with E-state index >= 15 is 0 Å². The molecule has 0 aromatic rings. The number of rotatable bonds is 7. The highest BCUT2D eigenvalue weighted by molar-refractivity contribution is 5.81. The van der Waals surface area contributed by atoms with Crippen LogP contribution in [0.3, 0.4) is 0 Å². The highest BCUT2D eigenvalue weighted by atomic mass is 16.2. The van der Waals surface area contributed by atoms with Gasteiger partial charge in [-0.25, -0.2) is 0 Å². The Hall–Kier alpha value is -0.570. The molecule has 0 heterocycles. The van der Waals surface area contributed by atoms with Gasteiger partial charge in [-0.3, -0.25) is 4.79 Å². The minimum Gasteiger partial charge on any atom is -0.355 e. The molecule has 0 saturated heterocycles. The Bertz CT molecular complexity index is 221. The molecule has 1 amide bonds. The molecule has 2 unspecified atom stereocenters. The number of nitrogens with one attached hydrogen (secondary N) is 2. The number of amides is 1. The molecule has 3 heteroatoms. The first-order chi connectivity index (χ1) is 7.79. The van der Waals surface area contributed by atoms with Crippen LogP contribution in [0.15, 0.2) is 0 Å². The predicted octanol–water partition coefficient (Wildman–Crippen LogP) is 2.56. The lowest BCUT2D eigenvalue weighted by Crippen LogP contribution is -2.45. The molecule has 0 rings (SSSR count). The Labute approximate surface area is 107 Å². The van der Waals surface area contributed by atoms with Crippen molar-refractivity contribution >= 4 is 5.91 Å². The third-order valence-corrected chi connectivity index (χ3v) is 3.43. The molecule has 0 spiro atoms. The van der Waals surface area contributed by atoms with Crippen molar-refractivity contribution in [1.82, 2.24) is 10.6 Å². The summed E-state index contributed by atoms with van der Waals surface area (Å²) in [5.41, 5.74) is 0.283. The van der Waals surface area contributed by atoms with Gasteiger partial charge in [0.2, 0.25) is 5.91 Å². The molecule has 2 atom stereocenters. The second-order valence-corrected chi connectivity index (χ2v) is 6.04. The van der Waals surface area contributed by atoms with Crippen LogP contribution in [0.5, 0.6) is 0 Å². The van der Waals surface area contributed by atoms with E-state index in [0.717, 1.165) is 25.9 Å². The van der Waals surface area contributed by atoms with Gasteiger partial charge in [0.15, 0.2) is 0 Å². The summed E-state index contributed by atoms with van der Waals surface area (Å²) in [4.78, 5) is 11.7. The summed E-state index contributed by atoms with van der Waals surface area (Å²) in [5, 5.41) is 6.25. The molecule has 0 saturated carbocycles. The maximum absolute atomic E-state index is 11.7. The molecule has 0 bridgehead atoms. The van der Waals surface area contributed by atoms with Gasteiger partial charge in [-0.2, -0.15) is 0 Å². The van der Waals surface area contributed by atoms with Gasteiger partial charge in [0, 0.05) is 6.54 Å². The van der Waals surface area contributed by atoms with Gasteiger partial charge in [0.1, 0.15) is 0 Å². The highest BCUT2D eigenvalue weighted by Crippen LogP contribution is 2.24. The summed E-state index contributed by atoms with van der Waals surface area (Å²) >= 11 is 0. The molecule has 0 radical (unpaired) electrons. The van der Waals surface area contributed by atoms with Crippen LogP contribution in [0.4, 0.5) is 0 Å². The lowest BCUT2D eigenvalue weighted by Gasteiger charge is -2.28. The third-order valence-electron chi connectivity index (χ3n) is 3.43. The summed E-state index contributed by atoms with van der Waals surface area (Å²) in [6.45, 7) is 14.6. The van der Waals surface area contributed by atoms with E-state index in [-0.39, 0.29) is 17.4 Å². The zero-order valence-corrected chi connectivity index (χ0v) is 12.4. The molecule has 17 heavy (non-hydrogen) atoms. The number of carbonyl (C=O) groups is 1. The molecule has 3 nitrogen and oxygen atoms in total. The number of unbranched alkanes of at least 4 members (excludes halogenated alkanes) is 1. The fourth-order valence-corrected chi connectivity index (χ4v) is 1.29. The minimum atomic E-state index is -0.100. The molecule has 0 fully saturated rings. The van der Waals surface area contributed by atoms with Crippen molar-refractivity contribution in [2.24, 2.45) is 11.3 Å². The van der Waals surface area contributed by atoms with Gasteiger partial charge >= 0.3 is 0 Å². The van der Waals surface area contributed by atoms with Gasteiger partial charge in [0.05, 0.1) is 6.04 Å². The van der Waals surface area contributed by atoms with Crippen molar-refractivity contribution in [3.05, 3.63) is 0 Å². The van der Waals surface area contributed by atoms with Crippen LogP contribution in [-0.2, 0) is 4.79 Å². The van der Waals surface area contributed by atoms with E-state index in [1.165, 1.54) is 0 Å². The SMILES string of the molecule is CCCCNC(=O)C(C)NCC(C)C(C)(C)C. The van der Waals surface area contributed by atoms with E-state index in [1.807, 2.05) is 6.92 Å². The fraction of sp³-hybridized carbons (Fsp3) is 0.929. The van der Waals surface area contributed by atoms with Crippen LogP contribution in [0.25, 0.3) is 0 Å². The van der Waals surface area contributed by atoms with Crippen LogP contribution in [-0.4, -0.2) is 25.0 Å². The quantitative estimate of drug-likeness (QED) is 0.674. The zero-order valence-electron chi connectivity index (χ0n) is 12.4. The van der Waals surface area contributed by atoms with E-state index in [2.05, 4.69) is 45.3 Å². The van der Waals surface area contributed by atoms with Crippen molar-refractivity contribution < 1.29 is 4.79 Å². The topological polar surface area (TPSA) is 41.1 Å². The molecular weight excluding hydrogens is 212 g/mol. The normalized spacial score (nSPS) is 15.4. The van der Waals surface area contributed by atoms with E-state index in [0.29, 0.717) is 5.92 Å². The lowest BCUT2D eigenvalue weighted by atomic mass is 9.82. The van der Waals surface area contributed by atoms with Crippen molar-refractivity contribution in [3.8, 4) is 0 Å². The first-order valence-electron chi connectivity index (χ1n) is 6.80. The lowest BCUT2D eigenvalue weighted by molar-refractivity contribution is -0.122. The standard InChI is InChI=1S/C14H30N2O/c1-7-8-9-15-13(17)12(3)16-10-11(2)14(4,5)6/h11-12,16H,7-10H2,1-6H3,(H,15,17). The predicted molar refractivity (Wildman–Crippen MR) is 74.0 cm³/mol. The summed E-state index contributed by atoms with van der Waals surface area (Å²) in [7, 11) is 0.